The van der Waals surface area contributed by atoms with E-state index in [2.05, 4.69) is 15.6 Å². The summed E-state index contributed by atoms with van der Waals surface area (Å²) < 4.78 is 50.8. The van der Waals surface area contributed by atoms with Gasteiger partial charge in [0, 0.05) is 11.8 Å². The molecule has 0 fully saturated rings. The summed E-state index contributed by atoms with van der Waals surface area (Å²) >= 11 is 0.799. The molecule has 0 spiro atoms. The molecule has 0 saturated carbocycles. The van der Waals surface area contributed by atoms with Gasteiger partial charge in [0.05, 0.1) is 17.6 Å². The Morgan fingerprint density at radius 1 is 1.09 bits per heavy atom. The fourth-order valence-electron chi connectivity index (χ4n) is 3.07. The Labute approximate surface area is 190 Å². The van der Waals surface area contributed by atoms with Gasteiger partial charge in [-0.15, -0.1) is 0 Å². The molecular weight excluding hydrogens is 461 g/mol. The van der Waals surface area contributed by atoms with Crippen molar-refractivity contribution in [2.75, 3.05) is 17.9 Å². The predicted octanol–water partition coefficient (Wildman–Crippen LogP) is 4.28. The van der Waals surface area contributed by atoms with Crippen LogP contribution in [0.2, 0.25) is 0 Å². The number of nitrogens with one attached hydrogen (secondary N) is 2. The van der Waals surface area contributed by atoms with Gasteiger partial charge in [0.25, 0.3) is 0 Å². The highest BCUT2D eigenvalue weighted by molar-refractivity contribution is 7.99. The topological polar surface area (TPSA) is 94.5 Å². The molecule has 2 aromatic carbocycles. The lowest BCUT2D eigenvalue weighted by Gasteiger charge is -2.14. The van der Waals surface area contributed by atoms with E-state index >= 15 is 0 Å². The summed E-state index contributed by atoms with van der Waals surface area (Å²) in [7, 11) is 0. The highest BCUT2D eigenvalue weighted by atomic mass is 32.2. The molecule has 0 atom stereocenters. The number of halogens is 3. The van der Waals surface area contributed by atoms with E-state index in [1.165, 1.54) is 6.20 Å². The number of benzene rings is 2. The van der Waals surface area contributed by atoms with Crippen molar-refractivity contribution in [1.29, 1.82) is 0 Å². The molecule has 172 valence electrons. The molecule has 33 heavy (non-hydrogen) atoms. The Morgan fingerprint density at radius 2 is 1.85 bits per heavy atom. The number of carbonyl (C=O) groups is 2. The van der Waals surface area contributed by atoms with Crippen molar-refractivity contribution in [3.63, 3.8) is 0 Å². The summed E-state index contributed by atoms with van der Waals surface area (Å²) in [5.74, 6) is -0.00313. The molecule has 0 aliphatic carbocycles. The number of rotatable bonds is 6. The summed E-state index contributed by atoms with van der Waals surface area (Å²) in [5, 5.41) is 4.63. The van der Waals surface area contributed by atoms with Crippen molar-refractivity contribution in [2.24, 2.45) is 0 Å². The van der Waals surface area contributed by atoms with Crippen LogP contribution in [0.15, 0.2) is 59.9 Å². The molecule has 12 heteroatoms. The van der Waals surface area contributed by atoms with E-state index in [-0.39, 0.29) is 23.4 Å². The number of amides is 3. The number of hydrogen-bond donors (Lipinski definition) is 2. The van der Waals surface area contributed by atoms with Crippen LogP contribution in [0.25, 0.3) is 11.3 Å². The van der Waals surface area contributed by atoms with Gasteiger partial charge < -0.3 is 19.4 Å². The minimum absolute atomic E-state index is 0.0116. The summed E-state index contributed by atoms with van der Waals surface area (Å²) in [6, 6.07) is 12.5. The predicted molar refractivity (Wildman–Crippen MR) is 114 cm³/mol. The lowest BCUT2D eigenvalue weighted by Crippen LogP contribution is -2.35. The van der Waals surface area contributed by atoms with Crippen LogP contribution >= 0.6 is 11.8 Å². The van der Waals surface area contributed by atoms with Gasteiger partial charge in [-0.2, -0.15) is 13.2 Å². The molecule has 1 aliphatic heterocycles. The Hall–Kier alpha value is -3.67. The molecule has 3 aromatic rings. The van der Waals surface area contributed by atoms with Crippen LogP contribution in [-0.2, 0) is 11.3 Å². The first-order valence-corrected chi connectivity index (χ1v) is 10.6. The number of hydrogen-bond acceptors (Lipinski definition) is 6. The van der Waals surface area contributed by atoms with Gasteiger partial charge in [0.15, 0.2) is 16.7 Å². The van der Waals surface area contributed by atoms with E-state index in [1.54, 1.807) is 48.5 Å². The van der Waals surface area contributed by atoms with Crippen LogP contribution in [-0.4, -0.2) is 40.2 Å². The van der Waals surface area contributed by atoms with Crippen LogP contribution in [0.4, 0.5) is 23.7 Å². The zero-order valence-corrected chi connectivity index (χ0v) is 17.7. The second-order valence-electron chi connectivity index (χ2n) is 6.85. The van der Waals surface area contributed by atoms with Crippen LogP contribution < -0.4 is 20.1 Å². The Kier molecular flexibility index (Phi) is 6.45. The first-order valence-electron chi connectivity index (χ1n) is 9.59. The summed E-state index contributed by atoms with van der Waals surface area (Å²) in [6.07, 6.45) is -3.15. The van der Waals surface area contributed by atoms with Crippen molar-refractivity contribution in [1.82, 2.24) is 14.9 Å². The fourth-order valence-corrected chi connectivity index (χ4v) is 3.85. The molecule has 4 rings (SSSR count). The number of nitrogens with zero attached hydrogens (tertiary/aromatic N) is 2. The zero-order valence-electron chi connectivity index (χ0n) is 16.9. The number of alkyl halides is 3. The second kappa shape index (κ2) is 9.45. The van der Waals surface area contributed by atoms with Crippen molar-refractivity contribution >= 4 is 29.4 Å². The molecule has 3 amide bonds. The molecule has 8 nitrogen and oxygen atoms in total. The minimum atomic E-state index is -4.48. The number of aromatic nitrogens is 2. The largest absolute Gasteiger partial charge is 0.454 e. The standard InChI is InChI=1S/C21H17F3N4O4S/c22-21(23,24)11-28-15(13-4-2-1-3-5-13)9-25-20(28)33-10-18(29)27-19(30)26-14-6-7-16-17(8-14)32-12-31-16/h1-9H,10-12H2,(H2,26,27,29,30). The SMILES string of the molecule is O=C(CSc1ncc(-c2ccccc2)n1CC(F)(F)F)NC(=O)Nc1ccc2c(c1)OCO2. The number of imidazole rings is 1. The molecule has 1 aromatic heterocycles. The van der Waals surface area contributed by atoms with E-state index < -0.39 is 24.7 Å². The first kappa shape index (κ1) is 22.5. The third-order valence-corrected chi connectivity index (χ3v) is 5.43. The van der Waals surface area contributed by atoms with E-state index in [1.807, 2.05) is 0 Å². The summed E-state index contributed by atoms with van der Waals surface area (Å²) in [4.78, 5) is 28.3. The highest BCUT2D eigenvalue weighted by Gasteiger charge is 2.31. The minimum Gasteiger partial charge on any atom is -0.454 e. The summed E-state index contributed by atoms with van der Waals surface area (Å²) in [6.45, 7) is -1.18. The number of carbonyl (C=O) groups excluding carboxylic acids is 2. The van der Waals surface area contributed by atoms with Gasteiger partial charge in [0.1, 0.15) is 6.54 Å². The van der Waals surface area contributed by atoms with Gasteiger partial charge in [-0.3, -0.25) is 10.1 Å². The number of urea groups is 1. The highest BCUT2D eigenvalue weighted by Crippen LogP contribution is 2.34. The number of anilines is 1. The quantitative estimate of drug-likeness (QED) is 0.514. The maximum atomic E-state index is 13.1. The van der Waals surface area contributed by atoms with Crippen LogP contribution in [0.3, 0.4) is 0 Å². The van der Waals surface area contributed by atoms with Gasteiger partial charge in [0.2, 0.25) is 12.7 Å². The monoisotopic (exact) mass is 478 g/mol. The van der Waals surface area contributed by atoms with Gasteiger partial charge >= 0.3 is 12.2 Å². The first-order chi connectivity index (χ1) is 15.8. The third-order valence-electron chi connectivity index (χ3n) is 4.44. The Balaban J connectivity index is 1.38. The smallest absolute Gasteiger partial charge is 0.406 e. The van der Waals surface area contributed by atoms with Gasteiger partial charge in [-0.25, -0.2) is 9.78 Å². The lowest BCUT2D eigenvalue weighted by molar-refractivity contribution is -0.141. The van der Waals surface area contributed by atoms with Crippen molar-refractivity contribution < 1.29 is 32.2 Å². The van der Waals surface area contributed by atoms with Crippen LogP contribution in [0.5, 0.6) is 11.5 Å². The van der Waals surface area contributed by atoms with Crippen LogP contribution in [0, 0.1) is 0 Å². The molecule has 0 bridgehead atoms. The molecular formula is C21H17F3N4O4S. The van der Waals surface area contributed by atoms with E-state index in [9.17, 15) is 22.8 Å². The van der Waals surface area contributed by atoms with Crippen molar-refractivity contribution in [3.05, 3.63) is 54.7 Å². The third kappa shape index (κ3) is 5.77. The zero-order chi connectivity index (χ0) is 23.4. The Morgan fingerprint density at radius 3 is 2.61 bits per heavy atom. The molecule has 2 heterocycles. The van der Waals surface area contributed by atoms with Crippen molar-refractivity contribution in [2.45, 2.75) is 17.9 Å². The maximum Gasteiger partial charge on any atom is 0.406 e. The second-order valence-corrected chi connectivity index (χ2v) is 7.79. The Bertz CT molecular complexity index is 1170. The van der Waals surface area contributed by atoms with Gasteiger partial charge in [-0.05, 0) is 17.7 Å². The average molecular weight is 478 g/mol. The molecule has 1 aliphatic rings. The van der Waals surface area contributed by atoms with Gasteiger partial charge in [-0.1, -0.05) is 42.1 Å². The fraction of sp³-hybridized carbons (Fsp3) is 0.190. The average Bonchev–Trinajstić information content (AvgIpc) is 3.38. The number of imide groups is 1. The normalized spacial score (nSPS) is 12.5. The van der Waals surface area contributed by atoms with E-state index in [0.717, 1.165) is 16.3 Å². The molecule has 2 N–H and O–H groups in total. The molecule has 0 radical (unpaired) electrons. The van der Waals surface area contributed by atoms with Crippen molar-refractivity contribution in [3.8, 4) is 22.8 Å². The number of fused-ring (bicyclic) bond motifs is 1. The molecule has 0 saturated heterocycles. The van der Waals surface area contributed by atoms with E-state index in [0.29, 0.717) is 22.7 Å². The number of ether oxygens (including phenoxy) is 2. The summed E-state index contributed by atoms with van der Waals surface area (Å²) in [5.41, 5.74) is 1.22. The van der Waals surface area contributed by atoms with Crippen LogP contribution in [0.1, 0.15) is 0 Å². The van der Waals surface area contributed by atoms with E-state index in [4.69, 9.17) is 9.47 Å². The maximum absolute atomic E-state index is 13.1. The number of thioether (sulfide) groups is 1. The molecule has 0 unspecified atom stereocenters. The lowest BCUT2D eigenvalue weighted by atomic mass is 10.2.